The number of phenolic OH excluding ortho intramolecular Hbond substituents is 1. The Kier molecular flexibility index (Phi) is 7.83. The first kappa shape index (κ1) is 21.1. The molecule has 0 bridgehead atoms. The zero-order valence-corrected chi connectivity index (χ0v) is 17.3. The summed E-state index contributed by atoms with van der Waals surface area (Å²) in [5, 5.41) is 10.5. The zero-order chi connectivity index (χ0) is 18.4. The Balaban J connectivity index is 2.83. The highest BCUT2D eigenvalue weighted by atomic mass is 16.3. The zero-order valence-electron chi connectivity index (χ0n) is 17.3. The molecule has 1 aromatic carbocycles. The van der Waals surface area contributed by atoms with Gasteiger partial charge in [-0.3, -0.25) is 0 Å². The molecule has 1 heteroatoms. The summed E-state index contributed by atoms with van der Waals surface area (Å²) in [4.78, 5) is 0. The minimum absolute atomic E-state index is 0.0185. The molecule has 24 heavy (non-hydrogen) atoms. The topological polar surface area (TPSA) is 20.2 Å². The molecule has 0 radical (unpaired) electrons. The maximum Gasteiger partial charge on any atom is 0.119 e. The number of hydrogen-bond acceptors (Lipinski definition) is 1. The first-order valence-electron chi connectivity index (χ1n) is 9.94. The van der Waals surface area contributed by atoms with Gasteiger partial charge in [-0.1, -0.05) is 93.1 Å². The third kappa shape index (κ3) is 6.49. The van der Waals surface area contributed by atoms with Crippen molar-refractivity contribution in [1.82, 2.24) is 0 Å². The average molecular weight is 333 g/mol. The molecule has 0 atom stereocenters. The van der Waals surface area contributed by atoms with Crippen LogP contribution in [0.4, 0.5) is 0 Å². The Labute approximate surface area is 150 Å². The lowest BCUT2D eigenvalue weighted by molar-refractivity contribution is 0.441. The standard InChI is InChI=1S/C23H40O/c1-8-9-10-11-12-13-14-15-18-16-20(23(5,6)7)21(24)17-19(18)22(2,3)4/h16-17,24H,8-15H2,1-7H3. The molecule has 0 spiro atoms. The minimum Gasteiger partial charge on any atom is -0.508 e. The van der Waals surface area contributed by atoms with Crippen LogP contribution in [0.25, 0.3) is 0 Å². The smallest absolute Gasteiger partial charge is 0.119 e. The summed E-state index contributed by atoms with van der Waals surface area (Å²) in [6, 6.07) is 4.30. The van der Waals surface area contributed by atoms with E-state index in [2.05, 4.69) is 54.5 Å². The lowest BCUT2D eigenvalue weighted by Crippen LogP contribution is -2.18. The van der Waals surface area contributed by atoms with E-state index < -0.39 is 0 Å². The Morgan fingerprint density at radius 2 is 1.21 bits per heavy atom. The van der Waals surface area contributed by atoms with Gasteiger partial charge in [-0.05, 0) is 46.4 Å². The number of hydrogen-bond donors (Lipinski definition) is 1. The van der Waals surface area contributed by atoms with Crippen LogP contribution in [-0.4, -0.2) is 5.11 Å². The first-order chi connectivity index (χ1) is 11.1. The van der Waals surface area contributed by atoms with Crippen LogP contribution >= 0.6 is 0 Å². The van der Waals surface area contributed by atoms with E-state index >= 15 is 0 Å². The number of aromatic hydroxyl groups is 1. The normalized spacial score (nSPS) is 12.6. The van der Waals surface area contributed by atoms with Crippen molar-refractivity contribution in [3.63, 3.8) is 0 Å². The van der Waals surface area contributed by atoms with Gasteiger partial charge in [0.15, 0.2) is 0 Å². The Hall–Kier alpha value is -0.980. The summed E-state index contributed by atoms with van der Waals surface area (Å²) in [6.45, 7) is 15.5. The lowest BCUT2D eigenvalue weighted by Gasteiger charge is -2.28. The molecular weight excluding hydrogens is 292 g/mol. The SMILES string of the molecule is CCCCCCCCCc1cc(C(C)(C)C)c(O)cc1C(C)(C)C. The molecule has 0 amide bonds. The van der Waals surface area contributed by atoms with Gasteiger partial charge in [0, 0.05) is 0 Å². The van der Waals surface area contributed by atoms with Crippen LogP contribution in [0.15, 0.2) is 12.1 Å². The van der Waals surface area contributed by atoms with E-state index in [1.54, 1.807) is 0 Å². The third-order valence-corrected chi connectivity index (χ3v) is 4.89. The number of unbranched alkanes of at least 4 members (excludes halogenated alkanes) is 6. The van der Waals surface area contributed by atoms with Crippen molar-refractivity contribution in [2.75, 3.05) is 0 Å². The average Bonchev–Trinajstić information content (AvgIpc) is 2.45. The molecule has 138 valence electrons. The Bertz CT molecular complexity index is 500. The van der Waals surface area contributed by atoms with Crippen molar-refractivity contribution in [3.05, 3.63) is 28.8 Å². The highest BCUT2D eigenvalue weighted by Crippen LogP contribution is 2.37. The lowest BCUT2D eigenvalue weighted by atomic mass is 9.78. The molecule has 0 unspecified atom stereocenters. The molecule has 1 N–H and O–H groups in total. The molecule has 0 saturated heterocycles. The maximum absolute atomic E-state index is 10.5. The van der Waals surface area contributed by atoms with E-state index in [0.717, 1.165) is 12.0 Å². The maximum atomic E-state index is 10.5. The van der Waals surface area contributed by atoms with Crippen LogP contribution in [0, 0.1) is 0 Å². The fraction of sp³-hybridized carbons (Fsp3) is 0.739. The van der Waals surface area contributed by atoms with Crippen molar-refractivity contribution in [1.29, 1.82) is 0 Å². The fourth-order valence-corrected chi connectivity index (χ4v) is 3.41. The molecule has 0 aliphatic heterocycles. The van der Waals surface area contributed by atoms with E-state index in [1.165, 1.54) is 56.1 Å². The predicted molar refractivity (Wildman–Crippen MR) is 107 cm³/mol. The second-order valence-electron chi connectivity index (χ2n) is 9.40. The molecule has 0 aromatic heterocycles. The Morgan fingerprint density at radius 1 is 0.708 bits per heavy atom. The number of phenols is 1. The van der Waals surface area contributed by atoms with Crippen LogP contribution in [0.1, 0.15) is 110 Å². The minimum atomic E-state index is -0.0185. The van der Waals surface area contributed by atoms with Gasteiger partial charge in [-0.2, -0.15) is 0 Å². The second kappa shape index (κ2) is 8.92. The van der Waals surface area contributed by atoms with Gasteiger partial charge >= 0.3 is 0 Å². The predicted octanol–water partition coefficient (Wildman–Crippen LogP) is 7.28. The van der Waals surface area contributed by atoms with Crippen LogP contribution < -0.4 is 0 Å². The molecule has 1 rings (SSSR count). The molecular formula is C23H40O. The van der Waals surface area contributed by atoms with Crippen molar-refractivity contribution in [2.45, 2.75) is 111 Å². The van der Waals surface area contributed by atoms with Gasteiger partial charge in [0.05, 0.1) is 0 Å². The van der Waals surface area contributed by atoms with Crippen LogP contribution in [0.3, 0.4) is 0 Å². The molecule has 0 saturated carbocycles. The van der Waals surface area contributed by atoms with Crippen molar-refractivity contribution >= 4 is 0 Å². The number of benzene rings is 1. The molecule has 0 heterocycles. The van der Waals surface area contributed by atoms with E-state index in [-0.39, 0.29) is 10.8 Å². The summed E-state index contributed by atoms with van der Waals surface area (Å²) >= 11 is 0. The number of rotatable bonds is 8. The van der Waals surface area contributed by atoms with Crippen molar-refractivity contribution in [2.24, 2.45) is 0 Å². The van der Waals surface area contributed by atoms with Gasteiger partial charge in [0.2, 0.25) is 0 Å². The fourth-order valence-electron chi connectivity index (χ4n) is 3.41. The van der Waals surface area contributed by atoms with E-state index in [4.69, 9.17) is 0 Å². The molecule has 0 aliphatic carbocycles. The molecule has 0 aliphatic rings. The molecule has 1 nitrogen and oxygen atoms in total. The summed E-state index contributed by atoms with van der Waals surface area (Å²) in [5.74, 6) is 0.454. The summed E-state index contributed by atoms with van der Waals surface area (Å²) < 4.78 is 0. The van der Waals surface area contributed by atoms with Crippen LogP contribution in [0.5, 0.6) is 5.75 Å². The first-order valence-corrected chi connectivity index (χ1v) is 9.94. The Morgan fingerprint density at radius 3 is 1.71 bits per heavy atom. The third-order valence-electron chi connectivity index (χ3n) is 4.89. The second-order valence-corrected chi connectivity index (χ2v) is 9.40. The quantitative estimate of drug-likeness (QED) is 0.496. The van der Waals surface area contributed by atoms with Crippen molar-refractivity contribution in [3.8, 4) is 5.75 Å². The highest BCUT2D eigenvalue weighted by molar-refractivity contribution is 5.47. The van der Waals surface area contributed by atoms with E-state index in [9.17, 15) is 5.11 Å². The molecule has 0 fully saturated rings. The largest absolute Gasteiger partial charge is 0.508 e. The van der Waals surface area contributed by atoms with Gasteiger partial charge in [0.1, 0.15) is 5.75 Å². The van der Waals surface area contributed by atoms with Crippen molar-refractivity contribution < 1.29 is 5.11 Å². The number of aryl methyl sites for hydroxylation is 1. The van der Waals surface area contributed by atoms with Gasteiger partial charge in [0.25, 0.3) is 0 Å². The van der Waals surface area contributed by atoms with Gasteiger partial charge in [-0.15, -0.1) is 0 Å². The van der Waals surface area contributed by atoms with E-state index in [1.807, 2.05) is 6.07 Å². The van der Waals surface area contributed by atoms with E-state index in [0.29, 0.717) is 5.75 Å². The van der Waals surface area contributed by atoms with Gasteiger partial charge in [-0.25, -0.2) is 0 Å². The summed E-state index contributed by atoms with van der Waals surface area (Å²) in [7, 11) is 0. The van der Waals surface area contributed by atoms with Gasteiger partial charge < -0.3 is 5.11 Å². The summed E-state index contributed by atoms with van der Waals surface area (Å²) in [6.07, 6.45) is 10.5. The van der Waals surface area contributed by atoms with Crippen LogP contribution in [-0.2, 0) is 17.3 Å². The molecule has 1 aromatic rings. The monoisotopic (exact) mass is 332 g/mol. The summed E-state index contributed by atoms with van der Waals surface area (Å²) in [5.41, 5.74) is 3.87. The highest BCUT2D eigenvalue weighted by Gasteiger charge is 2.24. The van der Waals surface area contributed by atoms with Crippen LogP contribution in [0.2, 0.25) is 0 Å².